The third kappa shape index (κ3) is 3.32. The molecule has 2 aliphatic rings. The van der Waals surface area contributed by atoms with Gasteiger partial charge in [-0.15, -0.1) is 0 Å². The zero-order chi connectivity index (χ0) is 14.6. The first kappa shape index (κ1) is 15.7. The number of nitrogens with one attached hydrogen (secondary N) is 1. The number of nitrogens with zero attached hydrogens (tertiary/aromatic N) is 1. The van der Waals surface area contributed by atoms with E-state index < -0.39 is 5.54 Å². The second kappa shape index (κ2) is 6.87. The Labute approximate surface area is 122 Å². The fourth-order valence-corrected chi connectivity index (χ4v) is 3.40. The zero-order valence-corrected chi connectivity index (χ0v) is 13.0. The lowest BCUT2D eigenvalue weighted by Crippen LogP contribution is -2.60. The van der Waals surface area contributed by atoms with Crippen molar-refractivity contribution in [1.29, 1.82) is 0 Å². The Kier molecular flexibility index (Phi) is 5.41. The Morgan fingerprint density at radius 1 is 1.25 bits per heavy atom. The van der Waals surface area contributed by atoms with E-state index in [1.807, 2.05) is 7.05 Å². The quantitative estimate of drug-likeness (QED) is 0.704. The Balaban J connectivity index is 1.94. The standard InChI is InChI=1S/C15H28N2O3/c1-16-15(13-4-5-13,14(18)20-3)11-17-8-6-12(7-9-17)10-19-2/h12-13,16H,4-11H2,1-3H3. The second-order valence-electron chi connectivity index (χ2n) is 6.16. The molecule has 0 spiro atoms. The molecule has 20 heavy (non-hydrogen) atoms. The zero-order valence-electron chi connectivity index (χ0n) is 13.0. The van der Waals surface area contributed by atoms with Gasteiger partial charge in [0.1, 0.15) is 5.54 Å². The van der Waals surface area contributed by atoms with Crippen molar-refractivity contribution in [2.45, 2.75) is 31.2 Å². The van der Waals surface area contributed by atoms with Crippen LogP contribution in [0.3, 0.4) is 0 Å². The molecular weight excluding hydrogens is 256 g/mol. The summed E-state index contributed by atoms with van der Waals surface area (Å²) in [5, 5.41) is 3.27. The normalized spacial score (nSPS) is 24.4. The lowest BCUT2D eigenvalue weighted by atomic mass is 9.90. The molecule has 1 unspecified atom stereocenters. The largest absolute Gasteiger partial charge is 0.468 e. The maximum Gasteiger partial charge on any atom is 0.327 e. The van der Waals surface area contributed by atoms with Crippen molar-refractivity contribution in [3.63, 3.8) is 0 Å². The average Bonchev–Trinajstić information content (AvgIpc) is 3.31. The van der Waals surface area contributed by atoms with Crippen LogP contribution in [-0.4, -0.2) is 63.9 Å². The number of esters is 1. The number of methoxy groups -OCH3 is 2. The molecular formula is C15H28N2O3. The summed E-state index contributed by atoms with van der Waals surface area (Å²) in [5.74, 6) is 0.984. The molecule has 1 atom stereocenters. The molecule has 5 nitrogen and oxygen atoms in total. The van der Waals surface area contributed by atoms with Crippen LogP contribution in [0.1, 0.15) is 25.7 Å². The molecule has 0 aromatic rings. The summed E-state index contributed by atoms with van der Waals surface area (Å²) in [5.41, 5.74) is -0.511. The highest BCUT2D eigenvalue weighted by atomic mass is 16.5. The molecule has 1 aliphatic carbocycles. The van der Waals surface area contributed by atoms with E-state index in [9.17, 15) is 4.79 Å². The fraction of sp³-hybridized carbons (Fsp3) is 0.933. The highest BCUT2D eigenvalue weighted by Gasteiger charge is 2.51. The Morgan fingerprint density at radius 2 is 1.90 bits per heavy atom. The van der Waals surface area contributed by atoms with Gasteiger partial charge in [0.15, 0.2) is 0 Å². The highest BCUT2D eigenvalue weighted by molar-refractivity contribution is 5.82. The molecule has 1 aliphatic heterocycles. The minimum Gasteiger partial charge on any atom is -0.468 e. The van der Waals surface area contributed by atoms with Gasteiger partial charge in [-0.05, 0) is 57.7 Å². The van der Waals surface area contributed by atoms with Gasteiger partial charge < -0.3 is 19.7 Å². The van der Waals surface area contributed by atoms with Crippen molar-refractivity contribution >= 4 is 5.97 Å². The molecule has 0 radical (unpaired) electrons. The predicted molar refractivity (Wildman–Crippen MR) is 77.6 cm³/mol. The van der Waals surface area contributed by atoms with E-state index in [1.165, 1.54) is 7.11 Å². The van der Waals surface area contributed by atoms with Crippen LogP contribution >= 0.6 is 0 Å². The summed E-state index contributed by atoms with van der Waals surface area (Å²) in [6, 6.07) is 0. The van der Waals surface area contributed by atoms with E-state index in [2.05, 4.69) is 10.2 Å². The topological polar surface area (TPSA) is 50.8 Å². The van der Waals surface area contributed by atoms with E-state index in [0.717, 1.165) is 51.9 Å². The second-order valence-corrected chi connectivity index (χ2v) is 6.16. The van der Waals surface area contributed by atoms with Crippen molar-refractivity contribution < 1.29 is 14.3 Å². The molecule has 1 saturated carbocycles. The van der Waals surface area contributed by atoms with Gasteiger partial charge in [0, 0.05) is 20.3 Å². The molecule has 2 rings (SSSR count). The van der Waals surface area contributed by atoms with E-state index in [0.29, 0.717) is 11.8 Å². The maximum absolute atomic E-state index is 12.3. The first-order valence-electron chi connectivity index (χ1n) is 7.65. The summed E-state index contributed by atoms with van der Waals surface area (Å²) in [4.78, 5) is 14.7. The van der Waals surface area contributed by atoms with Crippen LogP contribution in [0.2, 0.25) is 0 Å². The molecule has 1 heterocycles. The molecule has 2 fully saturated rings. The minimum absolute atomic E-state index is 0.110. The van der Waals surface area contributed by atoms with Gasteiger partial charge in [-0.1, -0.05) is 0 Å². The van der Waals surface area contributed by atoms with Crippen LogP contribution in [0.25, 0.3) is 0 Å². The van der Waals surface area contributed by atoms with Gasteiger partial charge in [-0.3, -0.25) is 0 Å². The number of likely N-dealkylation sites (N-methyl/N-ethyl adjacent to an activating group) is 1. The Hall–Kier alpha value is -0.650. The van der Waals surface area contributed by atoms with Crippen molar-refractivity contribution in [3.8, 4) is 0 Å². The molecule has 0 amide bonds. The Bertz CT molecular complexity index is 325. The van der Waals surface area contributed by atoms with Gasteiger partial charge >= 0.3 is 5.97 Å². The molecule has 0 aromatic carbocycles. The SMILES string of the molecule is CNC(CN1CCC(COC)CC1)(C(=O)OC)C1CC1. The van der Waals surface area contributed by atoms with Gasteiger partial charge in [-0.25, -0.2) is 4.79 Å². The summed E-state index contributed by atoms with van der Waals surface area (Å²) < 4.78 is 10.3. The van der Waals surface area contributed by atoms with Crippen LogP contribution < -0.4 is 5.32 Å². The van der Waals surface area contributed by atoms with Gasteiger partial charge in [-0.2, -0.15) is 0 Å². The van der Waals surface area contributed by atoms with E-state index in [-0.39, 0.29) is 5.97 Å². The number of rotatable bonds is 7. The van der Waals surface area contributed by atoms with Crippen LogP contribution in [-0.2, 0) is 14.3 Å². The smallest absolute Gasteiger partial charge is 0.327 e. The summed E-state index contributed by atoms with van der Waals surface area (Å²) in [6.07, 6.45) is 4.55. The molecule has 5 heteroatoms. The molecule has 0 bridgehead atoms. The fourth-order valence-electron chi connectivity index (χ4n) is 3.40. The van der Waals surface area contributed by atoms with Crippen molar-refractivity contribution in [1.82, 2.24) is 10.2 Å². The van der Waals surface area contributed by atoms with Crippen molar-refractivity contribution in [2.75, 3.05) is 47.5 Å². The molecule has 0 aromatic heterocycles. The predicted octanol–water partition coefficient (Wildman–Crippen LogP) is 0.886. The van der Waals surface area contributed by atoms with Crippen LogP contribution in [0.4, 0.5) is 0 Å². The highest BCUT2D eigenvalue weighted by Crippen LogP contribution is 2.41. The third-order valence-electron chi connectivity index (χ3n) is 4.85. The van der Waals surface area contributed by atoms with Crippen molar-refractivity contribution in [3.05, 3.63) is 0 Å². The third-order valence-corrected chi connectivity index (χ3v) is 4.85. The first-order chi connectivity index (χ1) is 9.66. The van der Waals surface area contributed by atoms with Gasteiger partial charge in [0.2, 0.25) is 0 Å². The van der Waals surface area contributed by atoms with E-state index >= 15 is 0 Å². The lowest BCUT2D eigenvalue weighted by molar-refractivity contribution is -0.150. The average molecular weight is 284 g/mol. The number of piperidine rings is 1. The molecule has 1 N–H and O–H groups in total. The number of hydrogen-bond acceptors (Lipinski definition) is 5. The monoisotopic (exact) mass is 284 g/mol. The van der Waals surface area contributed by atoms with Gasteiger partial charge in [0.05, 0.1) is 7.11 Å². The first-order valence-corrected chi connectivity index (χ1v) is 7.65. The van der Waals surface area contributed by atoms with E-state index in [4.69, 9.17) is 9.47 Å². The summed E-state index contributed by atoms with van der Waals surface area (Å²) in [7, 11) is 5.14. The minimum atomic E-state index is -0.511. The van der Waals surface area contributed by atoms with Gasteiger partial charge in [0.25, 0.3) is 0 Å². The van der Waals surface area contributed by atoms with Crippen LogP contribution in [0.15, 0.2) is 0 Å². The number of carbonyl (C=O) groups excluding carboxylic acids is 1. The van der Waals surface area contributed by atoms with Crippen LogP contribution in [0, 0.1) is 11.8 Å². The number of likely N-dealkylation sites (tertiary alicyclic amines) is 1. The Morgan fingerprint density at radius 3 is 2.35 bits per heavy atom. The molecule has 1 saturated heterocycles. The number of ether oxygens (including phenoxy) is 2. The summed E-state index contributed by atoms with van der Waals surface area (Å²) in [6.45, 7) is 3.70. The molecule has 116 valence electrons. The van der Waals surface area contributed by atoms with Crippen molar-refractivity contribution in [2.24, 2.45) is 11.8 Å². The maximum atomic E-state index is 12.3. The van der Waals surface area contributed by atoms with Crippen LogP contribution in [0.5, 0.6) is 0 Å². The van der Waals surface area contributed by atoms with E-state index in [1.54, 1.807) is 7.11 Å². The number of hydrogen-bond donors (Lipinski definition) is 1. The number of carbonyl (C=O) groups is 1. The lowest BCUT2D eigenvalue weighted by Gasteiger charge is -2.39. The summed E-state index contributed by atoms with van der Waals surface area (Å²) >= 11 is 0.